The molecule has 0 unspecified atom stereocenters. The molecule has 3 aromatic rings. The Labute approximate surface area is 132 Å². The predicted molar refractivity (Wildman–Crippen MR) is 80.2 cm³/mol. The minimum absolute atomic E-state index is 0.00601. The van der Waals surface area contributed by atoms with E-state index >= 15 is 0 Å². The zero-order chi connectivity index (χ0) is 15.7. The van der Waals surface area contributed by atoms with Gasteiger partial charge in [0, 0.05) is 10.5 Å². The van der Waals surface area contributed by atoms with E-state index in [9.17, 15) is 8.78 Å². The molecule has 3 rings (SSSR count). The number of hydrogen-bond donors (Lipinski definition) is 0. The first kappa shape index (κ1) is 14.6. The summed E-state index contributed by atoms with van der Waals surface area (Å²) in [6, 6.07) is 7.01. The van der Waals surface area contributed by atoms with Gasteiger partial charge in [-0.3, -0.25) is 0 Å². The summed E-state index contributed by atoms with van der Waals surface area (Å²) in [5.74, 6) is -0.941. The Morgan fingerprint density at radius 2 is 1.77 bits per heavy atom. The van der Waals surface area contributed by atoms with Crippen LogP contribution in [0.4, 0.5) is 8.78 Å². The zero-order valence-electron chi connectivity index (χ0n) is 11.3. The van der Waals surface area contributed by atoms with Crippen molar-refractivity contribution in [3.05, 3.63) is 52.8 Å². The van der Waals surface area contributed by atoms with Gasteiger partial charge in [0.05, 0.1) is 18.0 Å². The van der Waals surface area contributed by atoms with E-state index in [-0.39, 0.29) is 17.4 Å². The van der Waals surface area contributed by atoms with E-state index in [0.717, 1.165) is 0 Å². The summed E-state index contributed by atoms with van der Waals surface area (Å²) in [5, 5.41) is 0.420. The molecule has 4 nitrogen and oxygen atoms in total. The molecule has 0 bridgehead atoms. The molecule has 0 aliphatic rings. The number of halogens is 3. The van der Waals surface area contributed by atoms with Crippen molar-refractivity contribution in [3.8, 4) is 17.4 Å². The zero-order valence-corrected chi connectivity index (χ0v) is 12.9. The molecule has 1 heterocycles. The molecule has 0 atom stereocenters. The Morgan fingerprint density at radius 3 is 2.50 bits per heavy atom. The molecular weight excluding hydrogens is 358 g/mol. The number of nitrogens with zero attached hydrogens (tertiary/aromatic N) is 2. The lowest BCUT2D eigenvalue weighted by molar-refractivity contribution is 0.387. The van der Waals surface area contributed by atoms with Crippen LogP contribution in [0.5, 0.6) is 17.4 Å². The average molecular weight is 367 g/mol. The van der Waals surface area contributed by atoms with Gasteiger partial charge >= 0.3 is 0 Å². The third-order valence-corrected chi connectivity index (χ3v) is 3.47. The predicted octanol–water partition coefficient (Wildman–Crippen LogP) is 4.47. The fourth-order valence-electron chi connectivity index (χ4n) is 1.93. The van der Waals surface area contributed by atoms with E-state index in [1.165, 1.54) is 37.7 Å². The lowest BCUT2D eigenvalue weighted by Crippen LogP contribution is -1.95. The topological polar surface area (TPSA) is 44.2 Å². The molecule has 0 aliphatic carbocycles. The highest BCUT2D eigenvalue weighted by molar-refractivity contribution is 9.10. The van der Waals surface area contributed by atoms with Gasteiger partial charge in [-0.2, -0.15) is 0 Å². The summed E-state index contributed by atoms with van der Waals surface area (Å²) >= 11 is 3.17. The van der Waals surface area contributed by atoms with Gasteiger partial charge in [0.2, 0.25) is 5.88 Å². The Morgan fingerprint density at radius 1 is 1.00 bits per heavy atom. The summed E-state index contributed by atoms with van der Waals surface area (Å²) in [6.45, 7) is 0. The van der Waals surface area contributed by atoms with Crippen LogP contribution in [-0.2, 0) is 0 Å². The van der Waals surface area contributed by atoms with Crippen LogP contribution in [0, 0.1) is 11.6 Å². The number of methoxy groups -OCH3 is 1. The lowest BCUT2D eigenvalue weighted by atomic mass is 10.2. The third kappa shape index (κ3) is 2.71. The molecule has 0 fully saturated rings. The lowest BCUT2D eigenvalue weighted by Gasteiger charge is -2.10. The fourth-order valence-corrected chi connectivity index (χ4v) is 2.27. The van der Waals surface area contributed by atoms with Crippen LogP contribution < -0.4 is 9.47 Å². The molecule has 0 saturated carbocycles. The quantitative estimate of drug-likeness (QED) is 0.685. The van der Waals surface area contributed by atoms with Crippen molar-refractivity contribution >= 4 is 26.8 Å². The maximum absolute atomic E-state index is 13.9. The molecule has 112 valence electrons. The van der Waals surface area contributed by atoms with E-state index < -0.39 is 11.6 Å². The second-order valence-corrected chi connectivity index (χ2v) is 5.28. The maximum Gasteiger partial charge on any atom is 0.230 e. The molecule has 0 N–H and O–H groups in total. The van der Waals surface area contributed by atoms with Crippen molar-refractivity contribution < 1.29 is 18.3 Å². The van der Waals surface area contributed by atoms with Gasteiger partial charge in [0.1, 0.15) is 6.33 Å². The standard InChI is InChI=1S/C15H9BrF2N2O2/c1-21-14-5-9-12(6-11(14)18)19-7-20-15(9)22-13-3-2-8(16)4-10(13)17/h2-7H,1H3. The van der Waals surface area contributed by atoms with E-state index in [4.69, 9.17) is 9.47 Å². The van der Waals surface area contributed by atoms with Gasteiger partial charge in [-0.25, -0.2) is 18.7 Å². The molecule has 1 aromatic heterocycles. The number of ether oxygens (including phenoxy) is 2. The first-order valence-electron chi connectivity index (χ1n) is 6.19. The molecule has 0 spiro atoms. The largest absolute Gasteiger partial charge is 0.494 e. The summed E-state index contributed by atoms with van der Waals surface area (Å²) in [5.41, 5.74) is 0.334. The third-order valence-electron chi connectivity index (χ3n) is 2.97. The number of benzene rings is 2. The van der Waals surface area contributed by atoms with E-state index in [1.54, 1.807) is 6.07 Å². The Hall–Kier alpha value is -2.28. The van der Waals surface area contributed by atoms with Crippen LogP contribution in [0.2, 0.25) is 0 Å². The minimum atomic E-state index is -0.547. The van der Waals surface area contributed by atoms with Crippen LogP contribution in [0.25, 0.3) is 10.9 Å². The second-order valence-electron chi connectivity index (χ2n) is 4.36. The fraction of sp³-hybridized carbons (Fsp3) is 0.0667. The molecular formula is C15H9BrF2N2O2. The average Bonchev–Trinajstić information content (AvgIpc) is 2.49. The molecule has 2 aromatic carbocycles. The van der Waals surface area contributed by atoms with E-state index in [1.807, 2.05) is 0 Å². The molecule has 0 aliphatic heterocycles. The van der Waals surface area contributed by atoms with E-state index in [0.29, 0.717) is 15.4 Å². The van der Waals surface area contributed by atoms with Crippen molar-refractivity contribution in [1.82, 2.24) is 9.97 Å². The Balaban J connectivity index is 2.10. The molecule has 22 heavy (non-hydrogen) atoms. The van der Waals surface area contributed by atoms with Gasteiger partial charge in [0.15, 0.2) is 23.1 Å². The van der Waals surface area contributed by atoms with E-state index in [2.05, 4.69) is 25.9 Å². The first-order chi connectivity index (χ1) is 10.6. The van der Waals surface area contributed by atoms with Crippen molar-refractivity contribution in [1.29, 1.82) is 0 Å². The minimum Gasteiger partial charge on any atom is -0.494 e. The summed E-state index contributed by atoms with van der Waals surface area (Å²) in [7, 11) is 1.35. The summed E-state index contributed by atoms with van der Waals surface area (Å²) < 4.78 is 38.6. The van der Waals surface area contributed by atoms with Crippen LogP contribution in [0.15, 0.2) is 41.1 Å². The van der Waals surface area contributed by atoms with Crippen molar-refractivity contribution in [2.75, 3.05) is 7.11 Å². The number of rotatable bonds is 3. The number of fused-ring (bicyclic) bond motifs is 1. The van der Waals surface area contributed by atoms with Crippen LogP contribution in [0.3, 0.4) is 0 Å². The van der Waals surface area contributed by atoms with Gasteiger partial charge < -0.3 is 9.47 Å². The maximum atomic E-state index is 13.9. The highest BCUT2D eigenvalue weighted by Crippen LogP contribution is 2.32. The summed E-state index contributed by atoms with van der Waals surface area (Å²) in [4.78, 5) is 7.95. The smallest absolute Gasteiger partial charge is 0.230 e. The second kappa shape index (κ2) is 5.84. The van der Waals surface area contributed by atoms with Gasteiger partial charge in [-0.15, -0.1) is 0 Å². The first-order valence-corrected chi connectivity index (χ1v) is 6.99. The monoisotopic (exact) mass is 366 g/mol. The Kier molecular flexibility index (Phi) is 3.89. The number of aromatic nitrogens is 2. The van der Waals surface area contributed by atoms with Gasteiger partial charge in [-0.05, 0) is 24.3 Å². The van der Waals surface area contributed by atoms with Gasteiger partial charge in [0.25, 0.3) is 0 Å². The van der Waals surface area contributed by atoms with Crippen LogP contribution in [-0.4, -0.2) is 17.1 Å². The van der Waals surface area contributed by atoms with Crippen LogP contribution >= 0.6 is 15.9 Å². The molecule has 0 radical (unpaired) electrons. The van der Waals surface area contributed by atoms with Crippen molar-refractivity contribution in [2.24, 2.45) is 0 Å². The van der Waals surface area contributed by atoms with Gasteiger partial charge in [-0.1, -0.05) is 15.9 Å². The number of hydrogen-bond acceptors (Lipinski definition) is 4. The van der Waals surface area contributed by atoms with Crippen molar-refractivity contribution in [2.45, 2.75) is 0 Å². The molecule has 7 heteroatoms. The SMILES string of the molecule is COc1cc2c(Oc3ccc(Br)cc3F)ncnc2cc1F. The van der Waals surface area contributed by atoms with Crippen LogP contribution in [0.1, 0.15) is 0 Å². The van der Waals surface area contributed by atoms with Crippen molar-refractivity contribution in [3.63, 3.8) is 0 Å². The highest BCUT2D eigenvalue weighted by atomic mass is 79.9. The highest BCUT2D eigenvalue weighted by Gasteiger charge is 2.13. The normalized spacial score (nSPS) is 10.7. The molecule has 0 saturated heterocycles. The summed E-state index contributed by atoms with van der Waals surface area (Å²) in [6.07, 6.45) is 1.22. The Bertz CT molecular complexity index is 858. The molecule has 0 amide bonds.